The van der Waals surface area contributed by atoms with Gasteiger partial charge in [0.15, 0.2) is 0 Å². The third kappa shape index (κ3) is 4.38. The maximum atomic E-state index is 10.7. The second-order valence-corrected chi connectivity index (χ2v) is 6.84. The molecule has 1 saturated heterocycles. The molecule has 12 heteroatoms. The molecule has 0 amide bonds. The highest BCUT2D eigenvalue weighted by Gasteiger charge is 2.24. The van der Waals surface area contributed by atoms with Crippen LogP contribution in [-0.4, -0.2) is 49.0 Å². The van der Waals surface area contributed by atoms with Gasteiger partial charge in [0.2, 0.25) is 11.7 Å². The van der Waals surface area contributed by atoms with Gasteiger partial charge in [0.05, 0.1) is 16.4 Å². The van der Waals surface area contributed by atoms with Gasteiger partial charge in [-0.1, -0.05) is 5.16 Å². The molecule has 0 radical (unpaired) electrons. The second kappa shape index (κ2) is 8.21. The van der Waals surface area contributed by atoms with Gasteiger partial charge in [0.25, 0.3) is 11.4 Å². The lowest BCUT2D eigenvalue weighted by molar-refractivity contribution is -0.385. The molecule has 1 N–H and O–H groups in total. The summed E-state index contributed by atoms with van der Waals surface area (Å²) in [4.78, 5) is 31.1. The standard InChI is InChI=1S/C18H17N7O5/c26-24(27)14-3-1-12(2-4-14)18-21-17(30-22-18)11-23-8-7-13(10-23)20-16-6-5-15(9-19-16)25(28)29/h1-6,9,13H,7-8,10-11H2,(H,19,20). The minimum absolute atomic E-state index is 0.000544. The van der Waals surface area contributed by atoms with Crippen LogP contribution in [0.5, 0.6) is 0 Å². The summed E-state index contributed by atoms with van der Waals surface area (Å²) in [5, 5.41) is 28.7. The number of nitro groups is 2. The normalized spacial score (nSPS) is 16.5. The third-order valence-electron chi connectivity index (χ3n) is 4.75. The van der Waals surface area contributed by atoms with Crippen LogP contribution in [0.3, 0.4) is 0 Å². The van der Waals surface area contributed by atoms with Crippen molar-refractivity contribution in [3.05, 3.63) is 68.7 Å². The van der Waals surface area contributed by atoms with E-state index in [-0.39, 0.29) is 17.4 Å². The summed E-state index contributed by atoms with van der Waals surface area (Å²) in [6.45, 7) is 2.03. The van der Waals surface area contributed by atoms with Gasteiger partial charge >= 0.3 is 0 Å². The van der Waals surface area contributed by atoms with Crippen LogP contribution in [0, 0.1) is 20.2 Å². The summed E-state index contributed by atoms with van der Waals surface area (Å²) >= 11 is 0. The highest BCUT2D eigenvalue weighted by molar-refractivity contribution is 5.56. The molecule has 12 nitrogen and oxygen atoms in total. The summed E-state index contributed by atoms with van der Waals surface area (Å²) in [5.41, 5.74) is 0.593. The van der Waals surface area contributed by atoms with Crippen LogP contribution in [0.4, 0.5) is 17.2 Å². The number of rotatable bonds is 7. The molecule has 0 spiro atoms. The topological polar surface area (TPSA) is 153 Å². The zero-order valence-corrected chi connectivity index (χ0v) is 15.7. The Morgan fingerprint density at radius 2 is 1.83 bits per heavy atom. The van der Waals surface area contributed by atoms with Crippen LogP contribution in [0.15, 0.2) is 47.1 Å². The van der Waals surface area contributed by atoms with Crippen LogP contribution in [0.2, 0.25) is 0 Å². The number of likely N-dealkylation sites (tertiary alicyclic amines) is 1. The lowest BCUT2D eigenvalue weighted by Crippen LogP contribution is -2.26. The summed E-state index contributed by atoms with van der Waals surface area (Å²) in [6, 6.07) is 9.12. The molecule has 0 saturated carbocycles. The molecule has 1 aliphatic heterocycles. The van der Waals surface area contributed by atoms with Crippen molar-refractivity contribution in [3.63, 3.8) is 0 Å². The molecule has 2 aromatic heterocycles. The fourth-order valence-corrected chi connectivity index (χ4v) is 3.24. The zero-order chi connectivity index (χ0) is 21.1. The van der Waals surface area contributed by atoms with Crippen molar-refractivity contribution in [2.75, 3.05) is 18.4 Å². The third-order valence-corrected chi connectivity index (χ3v) is 4.75. The number of pyridine rings is 1. The van der Waals surface area contributed by atoms with E-state index in [1.807, 2.05) is 0 Å². The first kappa shape index (κ1) is 19.4. The number of benzene rings is 1. The van der Waals surface area contributed by atoms with E-state index in [4.69, 9.17) is 4.52 Å². The Hall–Kier alpha value is -3.93. The van der Waals surface area contributed by atoms with Gasteiger partial charge in [0, 0.05) is 42.9 Å². The summed E-state index contributed by atoms with van der Waals surface area (Å²) in [7, 11) is 0. The van der Waals surface area contributed by atoms with Crippen molar-refractivity contribution in [1.29, 1.82) is 0 Å². The molecule has 1 atom stereocenters. The Morgan fingerprint density at radius 3 is 2.50 bits per heavy atom. The summed E-state index contributed by atoms with van der Waals surface area (Å²) < 4.78 is 5.31. The Balaban J connectivity index is 1.32. The van der Waals surface area contributed by atoms with Gasteiger partial charge in [-0.15, -0.1) is 0 Å². The first-order chi connectivity index (χ1) is 14.5. The van der Waals surface area contributed by atoms with Crippen molar-refractivity contribution in [1.82, 2.24) is 20.0 Å². The zero-order valence-electron chi connectivity index (χ0n) is 15.7. The maximum Gasteiger partial charge on any atom is 0.287 e. The Kier molecular flexibility index (Phi) is 5.30. The van der Waals surface area contributed by atoms with Crippen LogP contribution < -0.4 is 5.32 Å². The van der Waals surface area contributed by atoms with E-state index in [9.17, 15) is 20.2 Å². The van der Waals surface area contributed by atoms with E-state index in [0.717, 1.165) is 19.5 Å². The van der Waals surface area contributed by atoms with Crippen molar-refractivity contribution in [3.8, 4) is 11.4 Å². The minimum atomic E-state index is -0.483. The van der Waals surface area contributed by atoms with E-state index in [0.29, 0.717) is 29.6 Å². The quantitative estimate of drug-likeness (QED) is 0.453. The molecule has 1 aliphatic rings. The lowest BCUT2D eigenvalue weighted by Gasteiger charge is -2.15. The largest absolute Gasteiger partial charge is 0.366 e. The smallest absolute Gasteiger partial charge is 0.287 e. The monoisotopic (exact) mass is 411 g/mol. The van der Waals surface area contributed by atoms with Crippen molar-refractivity contribution in [2.24, 2.45) is 0 Å². The minimum Gasteiger partial charge on any atom is -0.366 e. The SMILES string of the molecule is O=[N+]([O-])c1ccc(-c2noc(CN3CCC(Nc4ccc([N+](=O)[O-])cn4)C3)n2)cc1. The van der Waals surface area contributed by atoms with E-state index in [2.05, 4.69) is 25.3 Å². The van der Waals surface area contributed by atoms with Crippen molar-refractivity contribution < 1.29 is 14.4 Å². The van der Waals surface area contributed by atoms with Crippen LogP contribution in [0.25, 0.3) is 11.4 Å². The maximum absolute atomic E-state index is 10.7. The number of nitrogens with zero attached hydrogens (tertiary/aromatic N) is 6. The van der Waals surface area contributed by atoms with Gasteiger partial charge in [-0.05, 0) is 24.6 Å². The van der Waals surface area contributed by atoms with Crippen LogP contribution in [0.1, 0.15) is 12.3 Å². The molecule has 1 unspecified atom stereocenters. The Labute approximate surface area is 169 Å². The van der Waals surface area contributed by atoms with E-state index in [1.54, 1.807) is 18.2 Å². The molecule has 4 rings (SSSR count). The molecule has 154 valence electrons. The predicted octanol–water partition coefficient (Wildman–Crippen LogP) is 2.63. The summed E-state index contributed by atoms with van der Waals surface area (Å²) in [6.07, 6.45) is 2.11. The molecule has 0 aliphatic carbocycles. The number of nitro benzene ring substituents is 1. The van der Waals surface area contributed by atoms with E-state index in [1.165, 1.54) is 24.4 Å². The molecule has 0 bridgehead atoms. The molecule has 3 heterocycles. The van der Waals surface area contributed by atoms with Gasteiger partial charge in [-0.3, -0.25) is 25.1 Å². The van der Waals surface area contributed by atoms with E-state index >= 15 is 0 Å². The highest BCUT2D eigenvalue weighted by Crippen LogP contribution is 2.22. The van der Waals surface area contributed by atoms with Gasteiger partial charge in [-0.25, -0.2) is 4.98 Å². The van der Waals surface area contributed by atoms with E-state index < -0.39 is 9.85 Å². The summed E-state index contributed by atoms with van der Waals surface area (Å²) in [5.74, 6) is 1.42. The number of aromatic nitrogens is 3. The highest BCUT2D eigenvalue weighted by atomic mass is 16.6. The fourth-order valence-electron chi connectivity index (χ4n) is 3.24. The predicted molar refractivity (Wildman–Crippen MR) is 105 cm³/mol. The average molecular weight is 411 g/mol. The number of non-ortho nitro benzene ring substituents is 1. The first-order valence-electron chi connectivity index (χ1n) is 9.14. The number of nitrogens with one attached hydrogen (secondary N) is 1. The average Bonchev–Trinajstić information content (AvgIpc) is 3.38. The first-order valence-corrected chi connectivity index (χ1v) is 9.14. The second-order valence-electron chi connectivity index (χ2n) is 6.84. The number of anilines is 1. The van der Waals surface area contributed by atoms with Crippen LogP contribution in [-0.2, 0) is 6.54 Å². The number of hydrogen-bond acceptors (Lipinski definition) is 10. The molecular formula is C18H17N7O5. The van der Waals surface area contributed by atoms with Crippen molar-refractivity contribution in [2.45, 2.75) is 19.0 Å². The number of hydrogen-bond donors (Lipinski definition) is 1. The molecule has 1 fully saturated rings. The van der Waals surface area contributed by atoms with Crippen molar-refractivity contribution >= 4 is 17.2 Å². The van der Waals surface area contributed by atoms with Gasteiger partial charge < -0.3 is 9.84 Å². The van der Waals surface area contributed by atoms with Crippen LogP contribution >= 0.6 is 0 Å². The molecule has 30 heavy (non-hydrogen) atoms. The van der Waals surface area contributed by atoms with Gasteiger partial charge in [-0.2, -0.15) is 4.98 Å². The molecule has 1 aromatic carbocycles. The fraction of sp³-hybridized carbons (Fsp3) is 0.278. The Bertz CT molecular complexity index is 1050. The Morgan fingerprint density at radius 1 is 1.10 bits per heavy atom. The molecular weight excluding hydrogens is 394 g/mol. The lowest BCUT2D eigenvalue weighted by atomic mass is 10.2. The molecule has 3 aromatic rings. The van der Waals surface area contributed by atoms with Gasteiger partial charge in [0.1, 0.15) is 12.0 Å².